The first-order valence-corrected chi connectivity index (χ1v) is 10.3. The van der Waals surface area contributed by atoms with Crippen LogP contribution in [0, 0.1) is 0 Å². The number of hydrogen-bond acceptors (Lipinski definition) is 7. The number of amides is 1. The summed E-state index contributed by atoms with van der Waals surface area (Å²) in [4.78, 5) is 25.8. The first-order valence-electron chi connectivity index (χ1n) is 8.85. The van der Waals surface area contributed by atoms with Gasteiger partial charge in [-0.2, -0.15) is 21.6 Å². The van der Waals surface area contributed by atoms with E-state index in [2.05, 4.69) is 8.92 Å². The molecule has 1 fully saturated rings. The van der Waals surface area contributed by atoms with Crippen LogP contribution in [-0.2, 0) is 19.6 Å². The molecule has 0 spiro atoms. The molecule has 1 saturated heterocycles. The molecule has 1 heterocycles. The number of methoxy groups -OCH3 is 1. The van der Waals surface area contributed by atoms with Crippen LogP contribution in [0.2, 0.25) is 0 Å². The molecule has 0 radical (unpaired) electrons. The lowest BCUT2D eigenvalue weighted by atomic mass is 9.93. The first kappa shape index (κ1) is 23.8. The van der Waals surface area contributed by atoms with Gasteiger partial charge in [0.15, 0.2) is 0 Å². The highest BCUT2D eigenvalue weighted by atomic mass is 32.2. The summed E-state index contributed by atoms with van der Waals surface area (Å²) in [6, 6.07) is 3.18. The molecule has 1 aliphatic rings. The Morgan fingerprint density at radius 3 is 2.33 bits per heavy atom. The minimum absolute atomic E-state index is 0.150. The lowest BCUT2D eigenvalue weighted by molar-refractivity contribution is -0.0500. The number of likely N-dealkylation sites (tertiary alicyclic amines) is 1. The molecule has 0 aliphatic carbocycles. The minimum atomic E-state index is -5.89. The van der Waals surface area contributed by atoms with E-state index in [1.54, 1.807) is 20.8 Å². The number of halogens is 3. The first-order chi connectivity index (χ1) is 13.6. The number of carbonyl (C=O) groups excluding carboxylic acids is 2. The molecule has 30 heavy (non-hydrogen) atoms. The number of nitrogens with zero attached hydrogens (tertiary/aromatic N) is 1. The van der Waals surface area contributed by atoms with Gasteiger partial charge in [-0.05, 0) is 44.9 Å². The zero-order chi connectivity index (χ0) is 22.9. The number of benzene rings is 1. The van der Waals surface area contributed by atoms with Gasteiger partial charge in [0, 0.05) is 19.0 Å². The molecule has 1 aromatic carbocycles. The zero-order valence-corrected chi connectivity index (χ0v) is 17.6. The molecule has 1 amide bonds. The predicted molar refractivity (Wildman–Crippen MR) is 98.5 cm³/mol. The summed E-state index contributed by atoms with van der Waals surface area (Å²) in [6.07, 6.45) is -0.0644. The smallest absolute Gasteiger partial charge is 0.465 e. The van der Waals surface area contributed by atoms with Gasteiger partial charge in [-0.15, -0.1) is 0 Å². The van der Waals surface area contributed by atoms with E-state index in [1.807, 2.05) is 0 Å². The third-order valence-corrected chi connectivity index (χ3v) is 5.18. The van der Waals surface area contributed by atoms with Gasteiger partial charge in [-0.3, -0.25) is 0 Å². The Kier molecular flexibility index (Phi) is 6.60. The van der Waals surface area contributed by atoms with Crippen LogP contribution in [0.3, 0.4) is 0 Å². The van der Waals surface area contributed by atoms with E-state index in [-0.39, 0.29) is 18.0 Å². The van der Waals surface area contributed by atoms with E-state index in [1.165, 1.54) is 11.0 Å². The average molecular weight is 453 g/mol. The van der Waals surface area contributed by atoms with Crippen molar-refractivity contribution in [3.63, 3.8) is 0 Å². The topological polar surface area (TPSA) is 99.2 Å². The lowest BCUT2D eigenvalue weighted by Gasteiger charge is -2.24. The molecule has 1 aromatic rings. The third kappa shape index (κ3) is 5.55. The van der Waals surface area contributed by atoms with Gasteiger partial charge in [0.05, 0.1) is 12.7 Å². The molecule has 168 valence electrons. The van der Waals surface area contributed by atoms with Crippen LogP contribution >= 0.6 is 0 Å². The summed E-state index contributed by atoms with van der Waals surface area (Å²) >= 11 is 0. The second-order valence-electron chi connectivity index (χ2n) is 7.64. The van der Waals surface area contributed by atoms with Crippen LogP contribution in [0.25, 0.3) is 0 Å². The number of esters is 1. The molecule has 0 saturated carbocycles. The van der Waals surface area contributed by atoms with E-state index in [4.69, 9.17) is 4.74 Å². The van der Waals surface area contributed by atoms with Crippen LogP contribution in [-0.4, -0.2) is 56.7 Å². The largest absolute Gasteiger partial charge is 0.534 e. The fraction of sp³-hybridized carbons (Fsp3) is 0.556. The maximum atomic E-state index is 12.6. The number of ether oxygens (including phenoxy) is 2. The van der Waals surface area contributed by atoms with Crippen molar-refractivity contribution in [1.29, 1.82) is 0 Å². The fourth-order valence-corrected chi connectivity index (χ4v) is 3.36. The molecule has 0 bridgehead atoms. The molecule has 8 nitrogen and oxygen atoms in total. The Balaban J connectivity index is 2.29. The van der Waals surface area contributed by atoms with Gasteiger partial charge in [0.25, 0.3) is 0 Å². The zero-order valence-electron chi connectivity index (χ0n) is 16.8. The molecule has 1 atom stereocenters. The average Bonchev–Trinajstić information content (AvgIpc) is 3.08. The van der Waals surface area contributed by atoms with Crippen molar-refractivity contribution in [3.05, 3.63) is 29.3 Å². The Bertz CT molecular complexity index is 923. The van der Waals surface area contributed by atoms with Crippen LogP contribution in [0.4, 0.5) is 18.0 Å². The van der Waals surface area contributed by atoms with Gasteiger partial charge in [0.2, 0.25) is 0 Å². The third-order valence-electron chi connectivity index (χ3n) is 4.20. The number of carbonyl (C=O) groups is 2. The van der Waals surface area contributed by atoms with E-state index in [0.29, 0.717) is 18.5 Å². The Morgan fingerprint density at radius 1 is 1.17 bits per heavy atom. The van der Waals surface area contributed by atoms with Gasteiger partial charge in [-0.1, -0.05) is 6.07 Å². The molecular weight excluding hydrogens is 431 g/mol. The van der Waals surface area contributed by atoms with Crippen molar-refractivity contribution in [3.8, 4) is 5.75 Å². The second-order valence-corrected chi connectivity index (χ2v) is 9.17. The molecule has 1 aliphatic heterocycles. The highest BCUT2D eigenvalue weighted by molar-refractivity contribution is 7.88. The van der Waals surface area contributed by atoms with Gasteiger partial charge in [0.1, 0.15) is 11.4 Å². The van der Waals surface area contributed by atoms with Crippen molar-refractivity contribution in [1.82, 2.24) is 4.90 Å². The minimum Gasteiger partial charge on any atom is -0.465 e. The van der Waals surface area contributed by atoms with E-state index < -0.39 is 39.0 Å². The van der Waals surface area contributed by atoms with E-state index in [9.17, 15) is 31.2 Å². The van der Waals surface area contributed by atoms with Crippen molar-refractivity contribution >= 4 is 22.2 Å². The highest BCUT2D eigenvalue weighted by Crippen LogP contribution is 2.34. The van der Waals surface area contributed by atoms with Crippen LogP contribution in [0.5, 0.6) is 5.75 Å². The quantitative estimate of drug-likeness (QED) is 0.391. The number of rotatable bonds is 4. The van der Waals surface area contributed by atoms with Gasteiger partial charge >= 0.3 is 27.7 Å². The van der Waals surface area contributed by atoms with E-state index >= 15 is 0 Å². The monoisotopic (exact) mass is 453 g/mol. The summed E-state index contributed by atoms with van der Waals surface area (Å²) in [5.41, 5.74) is -6.06. The van der Waals surface area contributed by atoms with Gasteiger partial charge < -0.3 is 18.6 Å². The summed E-state index contributed by atoms with van der Waals surface area (Å²) < 4.78 is 74.2. The SMILES string of the molecule is COC(=O)c1cc(OS(=O)(=O)C(F)(F)F)ccc1C1CCN(C(=O)OC(C)(C)C)C1. The predicted octanol–water partition coefficient (Wildman–Crippen LogP) is 3.43. The van der Waals surface area contributed by atoms with Crippen molar-refractivity contribution in [2.24, 2.45) is 0 Å². The molecular formula is C18H22F3NO7S. The van der Waals surface area contributed by atoms with Crippen LogP contribution in [0.15, 0.2) is 18.2 Å². The van der Waals surface area contributed by atoms with Crippen molar-refractivity contribution in [2.45, 2.75) is 44.2 Å². The van der Waals surface area contributed by atoms with Gasteiger partial charge in [-0.25, -0.2) is 9.59 Å². The maximum absolute atomic E-state index is 12.6. The normalized spacial score (nSPS) is 17.6. The summed E-state index contributed by atoms with van der Waals surface area (Å²) in [5, 5.41) is 0. The highest BCUT2D eigenvalue weighted by Gasteiger charge is 2.48. The van der Waals surface area contributed by atoms with Crippen LogP contribution in [0.1, 0.15) is 49.0 Å². The van der Waals surface area contributed by atoms with Crippen molar-refractivity contribution < 1.29 is 44.8 Å². The Labute approximate surface area is 172 Å². The maximum Gasteiger partial charge on any atom is 0.534 e. The number of alkyl halides is 3. The molecule has 12 heteroatoms. The second kappa shape index (κ2) is 8.32. The van der Waals surface area contributed by atoms with Crippen molar-refractivity contribution in [2.75, 3.05) is 20.2 Å². The molecule has 1 unspecified atom stereocenters. The molecule has 0 N–H and O–H groups in total. The van der Waals surface area contributed by atoms with Crippen LogP contribution < -0.4 is 4.18 Å². The fourth-order valence-electron chi connectivity index (χ4n) is 2.91. The molecule has 0 aromatic heterocycles. The summed E-state index contributed by atoms with van der Waals surface area (Å²) in [6.45, 7) is 5.73. The Morgan fingerprint density at radius 2 is 1.80 bits per heavy atom. The lowest BCUT2D eigenvalue weighted by Crippen LogP contribution is -2.35. The molecule has 2 rings (SSSR count). The number of hydrogen-bond donors (Lipinski definition) is 0. The summed E-state index contributed by atoms with van der Waals surface area (Å²) in [5.74, 6) is -1.89. The standard InChI is InChI=1S/C18H22F3NO7S/c1-17(2,3)28-16(24)22-8-7-11(10-22)13-6-5-12(9-14(13)15(23)27-4)29-30(25,26)18(19,20)21/h5-6,9,11H,7-8,10H2,1-4H3. The Hall–Kier alpha value is -2.50. The summed E-state index contributed by atoms with van der Waals surface area (Å²) in [7, 11) is -4.81. The van der Waals surface area contributed by atoms with E-state index in [0.717, 1.165) is 19.2 Å².